The van der Waals surface area contributed by atoms with Crippen LogP contribution in [0.2, 0.25) is 0 Å². The van der Waals surface area contributed by atoms with Crippen molar-refractivity contribution in [1.82, 2.24) is 5.09 Å². The zero-order chi connectivity index (χ0) is 26.7. The maximum absolute atomic E-state index is 15.7. The number of ether oxygens (including phenoxy) is 2. The van der Waals surface area contributed by atoms with Crippen molar-refractivity contribution in [2.75, 3.05) is 6.79 Å². The molecule has 0 aliphatic carbocycles. The lowest BCUT2D eigenvalue weighted by molar-refractivity contribution is 0.174. The van der Waals surface area contributed by atoms with Crippen LogP contribution in [-0.4, -0.2) is 6.79 Å². The fraction of sp³-hybridized carbons (Fsp3) is 0.0625. The average Bonchev–Trinajstić information content (AvgIpc) is 3.49. The van der Waals surface area contributed by atoms with E-state index >= 15 is 9.13 Å². The lowest BCUT2D eigenvalue weighted by Crippen LogP contribution is -2.34. The summed E-state index contributed by atoms with van der Waals surface area (Å²) >= 11 is 0. The third kappa shape index (κ3) is 4.75. The minimum Gasteiger partial charge on any atom is -0.454 e. The topological polar surface area (TPSA) is 64.6 Å². The van der Waals surface area contributed by atoms with E-state index in [1.807, 2.05) is 140 Å². The molecule has 39 heavy (non-hydrogen) atoms. The third-order valence-corrected chi connectivity index (χ3v) is 13.1. The van der Waals surface area contributed by atoms with Gasteiger partial charge in [0.15, 0.2) is 18.6 Å². The van der Waals surface area contributed by atoms with Gasteiger partial charge in [-0.2, -0.15) is 0 Å². The summed E-state index contributed by atoms with van der Waals surface area (Å²) in [7, 11) is -7.00. The molecule has 1 atom stereocenters. The van der Waals surface area contributed by atoms with E-state index in [9.17, 15) is 0 Å². The molecule has 0 bridgehead atoms. The molecule has 0 saturated carbocycles. The van der Waals surface area contributed by atoms with Crippen LogP contribution in [0.4, 0.5) is 0 Å². The van der Waals surface area contributed by atoms with Crippen LogP contribution in [0.3, 0.4) is 0 Å². The molecule has 0 amide bonds. The van der Waals surface area contributed by atoms with E-state index in [1.54, 1.807) is 0 Å². The molecule has 7 heteroatoms. The first-order valence-electron chi connectivity index (χ1n) is 12.7. The van der Waals surface area contributed by atoms with Crippen LogP contribution in [0, 0.1) is 0 Å². The molecular weight excluding hydrogens is 524 g/mol. The van der Waals surface area contributed by atoms with Gasteiger partial charge in [0.2, 0.25) is 14.1 Å². The highest BCUT2D eigenvalue weighted by Crippen LogP contribution is 2.60. The molecular formula is C32H27NO4P2. The van der Waals surface area contributed by atoms with Crippen molar-refractivity contribution in [2.45, 2.75) is 5.78 Å². The van der Waals surface area contributed by atoms with Gasteiger partial charge in [-0.05, 0) is 42.0 Å². The van der Waals surface area contributed by atoms with Gasteiger partial charge in [0.05, 0.1) is 0 Å². The Kier molecular flexibility index (Phi) is 6.97. The second-order valence-corrected chi connectivity index (χ2v) is 14.6. The minimum absolute atomic E-state index is 0.123. The van der Waals surface area contributed by atoms with Crippen molar-refractivity contribution < 1.29 is 18.6 Å². The van der Waals surface area contributed by atoms with E-state index in [4.69, 9.17) is 9.47 Å². The largest absolute Gasteiger partial charge is 0.454 e. The summed E-state index contributed by atoms with van der Waals surface area (Å²) in [5.41, 5.74) is 0.697. The maximum Gasteiger partial charge on any atom is 0.231 e. The molecule has 1 N–H and O–H groups in total. The van der Waals surface area contributed by atoms with Gasteiger partial charge in [-0.15, -0.1) is 0 Å². The van der Waals surface area contributed by atoms with Crippen LogP contribution in [-0.2, 0) is 9.13 Å². The summed E-state index contributed by atoms with van der Waals surface area (Å²) in [6, 6.07) is 43.1. The van der Waals surface area contributed by atoms with Crippen molar-refractivity contribution in [3.05, 3.63) is 145 Å². The Morgan fingerprint density at radius 3 is 1.46 bits per heavy atom. The van der Waals surface area contributed by atoms with E-state index in [-0.39, 0.29) is 6.79 Å². The molecule has 194 valence electrons. The molecule has 0 saturated heterocycles. The van der Waals surface area contributed by atoms with Crippen molar-refractivity contribution in [3.8, 4) is 11.5 Å². The van der Waals surface area contributed by atoms with E-state index in [1.165, 1.54) is 0 Å². The lowest BCUT2D eigenvalue weighted by atomic mass is 10.2. The number of nitrogens with one attached hydrogen (secondary N) is 1. The minimum atomic E-state index is -3.50. The highest BCUT2D eigenvalue weighted by Gasteiger charge is 2.43. The first-order chi connectivity index (χ1) is 19.1. The smallest absolute Gasteiger partial charge is 0.231 e. The average molecular weight is 552 g/mol. The Morgan fingerprint density at radius 2 is 0.974 bits per heavy atom. The molecule has 0 fully saturated rings. The summed E-state index contributed by atoms with van der Waals surface area (Å²) in [5, 5.41) is 6.10. The summed E-state index contributed by atoms with van der Waals surface area (Å²) in [6.45, 7) is 0.123. The van der Waals surface area contributed by atoms with Crippen LogP contribution in [0.15, 0.2) is 140 Å². The van der Waals surface area contributed by atoms with Gasteiger partial charge in [-0.25, -0.2) is 5.09 Å². The number of hydrogen-bond acceptors (Lipinski definition) is 4. The zero-order valence-electron chi connectivity index (χ0n) is 21.1. The molecule has 1 heterocycles. The number of hydrogen-bond donors (Lipinski definition) is 1. The molecule has 5 aromatic rings. The van der Waals surface area contributed by atoms with Gasteiger partial charge in [0, 0.05) is 21.2 Å². The Labute approximate surface area is 228 Å². The lowest BCUT2D eigenvalue weighted by Gasteiger charge is -2.34. The number of fused-ring (bicyclic) bond motifs is 1. The molecule has 1 aliphatic rings. The van der Waals surface area contributed by atoms with Gasteiger partial charge < -0.3 is 14.0 Å². The molecule has 6 rings (SSSR count). The monoisotopic (exact) mass is 551 g/mol. The van der Waals surface area contributed by atoms with E-state index < -0.39 is 20.2 Å². The number of rotatable bonds is 8. The molecule has 5 nitrogen and oxygen atoms in total. The maximum atomic E-state index is 15.7. The number of benzene rings is 5. The van der Waals surface area contributed by atoms with Crippen LogP contribution < -0.4 is 35.8 Å². The summed E-state index contributed by atoms with van der Waals surface area (Å²) in [6.07, 6.45) is 0. The van der Waals surface area contributed by atoms with Crippen molar-refractivity contribution >= 4 is 35.7 Å². The van der Waals surface area contributed by atoms with Gasteiger partial charge >= 0.3 is 0 Å². The summed E-state index contributed by atoms with van der Waals surface area (Å²) in [5.74, 6) is 0.352. The van der Waals surface area contributed by atoms with Crippen LogP contribution in [0.5, 0.6) is 11.5 Å². The van der Waals surface area contributed by atoms with Crippen molar-refractivity contribution in [3.63, 3.8) is 0 Å². The second-order valence-electron chi connectivity index (χ2n) is 9.25. The van der Waals surface area contributed by atoms with Gasteiger partial charge in [0.1, 0.15) is 5.78 Å². The highest BCUT2D eigenvalue weighted by atomic mass is 31.2. The SMILES string of the molecule is O=P(NC(c1ccc2c(c1)OCO2)P(=O)(c1ccccc1)c1ccccc1)(c1ccccc1)c1ccccc1. The Hall–Kier alpha value is -3.88. The standard InChI is InChI=1S/C32H27NO4P2/c34-38(26-13-5-1-6-14-26,27-15-7-2-8-16-27)32(25-21-22-30-31(23-25)37-24-36-30)33-39(35,28-17-9-3-10-18-28)29-19-11-4-12-20-29/h1-23,32H,24H2,(H,33,35). The predicted molar refractivity (Wildman–Crippen MR) is 158 cm³/mol. The predicted octanol–water partition coefficient (Wildman–Crippen LogP) is 5.95. The van der Waals surface area contributed by atoms with E-state index in [0.29, 0.717) is 38.3 Å². The van der Waals surface area contributed by atoms with Crippen molar-refractivity contribution in [2.24, 2.45) is 0 Å². The molecule has 5 aromatic carbocycles. The van der Waals surface area contributed by atoms with Gasteiger partial charge in [0.25, 0.3) is 0 Å². The van der Waals surface area contributed by atoms with E-state index in [0.717, 1.165) is 0 Å². The Morgan fingerprint density at radius 1 is 0.538 bits per heavy atom. The molecule has 1 aliphatic heterocycles. The Balaban J connectivity index is 1.62. The first kappa shape index (κ1) is 25.4. The van der Waals surface area contributed by atoms with Gasteiger partial charge in [-0.3, -0.25) is 4.57 Å². The fourth-order valence-corrected chi connectivity index (χ4v) is 11.1. The van der Waals surface area contributed by atoms with Crippen molar-refractivity contribution in [1.29, 1.82) is 0 Å². The molecule has 0 aromatic heterocycles. The van der Waals surface area contributed by atoms with E-state index in [2.05, 4.69) is 5.09 Å². The second kappa shape index (κ2) is 10.7. The quantitative estimate of drug-likeness (QED) is 0.242. The van der Waals surface area contributed by atoms with Crippen LogP contribution in [0.25, 0.3) is 0 Å². The zero-order valence-corrected chi connectivity index (χ0v) is 22.9. The van der Waals surface area contributed by atoms with Crippen LogP contribution >= 0.6 is 14.4 Å². The summed E-state index contributed by atoms with van der Waals surface area (Å²) in [4.78, 5) is 0. The fourth-order valence-electron chi connectivity index (χ4n) is 4.94. The third-order valence-electron chi connectivity index (χ3n) is 6.90. The molecule has 0 radical (unpaired) electrons. The Bertz CT molecular complexity index is 1580. The molecule has 1 unspecified atom stereocenters. The van der Waals surface area contributed by atoms with Crippen LogP contribution in [0.1, 0.15) is 11.3 Å². The normalized spacial score (nSPS) is 13.6. The summed E-state index contributed by atoms with van der Waals surface area (Å²) < 4.78 is 42.2. The van der Waals surface area contributed by atoms with Gasteiger partial charge in [-0.1, -0.05) is 103 Å². The first-order valence-corrected chi connectivity index (χ1v) is 16.2. The highest BCUT2D eigenvalue weighted by molar-refractivity contribution is 7.81. The molecule has 0 spiro atoms.